The van der Waals surface area contributed by atoms with Gasteiger partial charge in [-0.3, -0.25) is 9.78 Å². The molecule has 3 rings (SSSR count). The maximum absolute atomic E-state index is 12.1. The van der Waals surface area contributed by atoms with E-state index >= 15 is 0 Å². The molecule has 0 radical (unpaired) electrons. The summed E-state index contributed by atoms with van der Waals surface area (Å²) in [4.78, 5) is 30.3. The number of carbonyl (C=O) groups excluding carboxylic acids is 1. The van der Waals surface area contributed by atoms with E-state index < -0.39 is 10.8 Å². The SMILES string of the molecule is Cc1c(Br)c([N+](=O)[O-])nn1Cc1noc(C(=O)NCc2cccnc2)n1. The molecule has 0 saturated heterocycles. The largest absolute Gasteiger partial charge is 0.404 e. The number of pyridine rings is 1. The van der Waals surface area contributed by atoms with Crippen LogP contribution in [0.2, 0.25) is 0 Å². The first kappa shape index (κ1) is 17.7. The first-order valence-corrected chi connectivity index (χ1v) is 8.12. The van der Waals surface area contributed by atoms with E-state index in [9.17, 15) is 14.9 Å². The van der Waals surface area contributed by atoms with Crippen molar-refractivity contribution < 1.29 is 14.2 Å². The van der Waals surface area contributed by atoms with Gasteiger partial charge in [0.2, 0.25) is 0 Å². The van der Waals surface area contributed by atoms with Gasteiger partial charge in [-0.25, -0.2) is 0 Å². The molecule has 1 amide bonds. The van der Waals surface area contributed by atoms with Crippen LogP contribution >= 0.6 is 15.9 Å². The Kier molecular flexibility index (Phi) is 5.02. The fraction of sp³-hybridized carbons (Fsp3) is 0.214. The van der Waals surface area contributed by atoms with E-state index in [-0.39, 0.29) is 35.1 Å². The monoisotopic (exact) mass is 421 g/mol. The number of nitrogens with one attached hydrogen (secondary N) is 1. The molecule has 134 valence electrons. The second-order valence-corrected chi connectivity index (χ2v) is 5.99. The fourth-order valence-corrected chi connectivity index (χ4v) is 2.51. The number of nitrogens with zero attached hydrogens (tertiary/aromatic N) is 6. The van der Waals surface area contributed by atoms with Gasteiger partial charge in [0, 0.05) is 18.9 Å². The Balaban J connectivity index is 1.67. The summed E-state index contributed by atoms with van der Waals surface area (Å²) in [5.41, 5.74) is 1.36. The molecule has 0 aromatic carbocycles. The van der Waals surface area contributed by atoms with Gasteiger partial charge in [0.15, 0.2) is 5.82 Å². The minimum atomic E-state index is -0.596. The normalized spacial score (nSPS) is 10.7. The molecule has 0 unspecified atom stereocenters. The van der Waals surface area contributed by atoms with Crippen molar-refractivity contribution >= 4 is 27.7 Å². The number of rotatable bonds is 6. The molecule has 0 saturated carbocycles. The van der Waals surface area contributed by atoms with Crippen LogP contribution in [0.15, 0.2) is 33.5 Å². The molecule has 0 aliphatic rings. The highest BCUT2D eigenvalue weighted by Gasteiger charge is 2.25. The molecule has 0 aliphatic carbocycles. The van der Waals surface area contributed by atoms with Crippen molar-refractivity contribution in [2.75, 3.05) is 0 Å². The maximum Gasteiger partial charge on any atom is 0.404 e. The summed E-state index contributed by atoms with van der Waals surface area (Å²) < 4.78 is 6.57. The Hall–Kier alpha value is -3.15. The fourth-order valence-electron chi connectivity index (χ4n) is 2.08. The Labute approximate surface area is 154 Å². The van der Waals surface area contributed by atoms with Crippen LogP contribution in [0.1, 0.15) is 27.8 Å². The zero-order valence-corrected chi connectivity index (χ0v) is 15.0. The lowest BCUT2D eigenvalue weighted by Gasteiger charge is -2.00. The molecule has 0 fully saturated rings. The number of hydrogen-bond acceptors (Lipinski definition) is 8. The zero-order valence-electron chi connectivity index (χ0n) is 13.4. The molecule has 1 N–H and O–H groups in total. The standard InChI is InChI=1S/C14H12BrN7O4/c1-8-11(15)12(22(24)25)19-21(8)7-10-18-14(26-20-10)13(23)17-6-9-3-2-4-16-5-9/h2-5H,6-7H2,1H3,(H,17,23). The number of hydrogen-bond donors (Lipinski definition) is 1. The summed E-state index contributed by atoms with van der Waals surface area (Å²) in [6.07, 6.45) is 3.26. The van der Waals surface area contributed by atoms with E-state index in [2.05, 4.69) is 41.5 Å². The number of halogens is 1. The Bertz CT molecular complexity index is 954. The molecule has 3 aromatic rings. The van der Waals surface area contributed by atoms with Gasteiger partial charge in [-0.05, 0) is 39.4 Å². The van der Waals surface area contributed by atoms with Crippen LogP contribution in [-0.4, -0.2) is 35.7 Å². The van der Waals surface area contributed by atoms with E-state index in [1.54, 1.807) is 25.4 Å². The van der Waals surface area contributed by atoms with Crippen LogP contribution in [0.3, 0.4) is 0 Å². The third-order valence-electron chi connectivity index (χ3n) is 3.42. The first-order chi connectivity index (χ1) is 12.5. The van der Waals surface area contributed by atoms with Crippen molar-refractivity contribution in [3.8, 4) is 0 Å². The quantitative estimate of drug-likeness (QED) is 0.467. The van der Waals surface area contributed by atoms with E-state index in [0.717, 1.165) is 5.56 Å². The number of carbonyl (C=O) groups is 1. The minimum absolute atomic E-state index is 0.0255. The smallest absolute Gasteiger partial charge is 0.358 e. The van der Waals surface area contributed by atoms with E-state index in [4.69, 9.17) is 4.52 Å². The minimum Gasteiger partial charge on any atom is -0.358 e. The third-order valence-corrected chi connectivity index (χ3v) is 4.35. The number of nitro groups is 1. The highest BCUT2D eigenvalue weighted by molar-refractivity contribution is 9.10. The molecule has 0 spiro atoms. The van der Waals surface area contributed by atoms with Crippen molar-refractivity contribution in [3.63, 3.8) is 0 Å². The van der Waals surface area contributed by atoms with Crippen LogP contribution in [0.25, 0.3) is 0 Å². The summed E-state index contributed by atoms with van der Waals surface area (Å²) >= 11 is 3.13. The van der Waals surface area contributed by atoms with Gasteiger partial charge in [-0.15, -0.1) is 0 Å². The Morgan fingerprint density at radius 3 is 2.96 bits per heavy atom. The third kappa shape index (κ3) is 3.74. The molecule has 0 aliphatic heterocycles. The van der Waals surface area contributed by atoms with Crippen LogP contribution < -0.4 is 5.32 Å². The molecule has 3 heterocycles. The maximum atomic E-state index is 12.1. The van der Waals surface area contributed by atoms with Crippen molar-refractivity contribution in [1.29, 1.82) is 0 Å². The van der Waals surface area contributed by atoms with E-state index in [0.29, 0.717) is 5.69 Å². The highest BCUT2D eigenvalue weighted by Crippen LogP contribution is 2.27. The topological polar surface area (TPSA) is 142 Å². The van der Waals surface area contributed by atoms with E-state index in [1.807, 2.05) is 6.07 Å². The lowest BCUT2D eigenvalue weighted by molar-refractivity contribution is -0.390. The average Bonchev–Trinajstić information content (AvgIpc) is 3.21. The van der Waals surface area contributed by atoms with Crippen molar-refractivity contribution in [2.24, 2.45) is 0 Å². The van der Waals surface area contributed by atoms with Crippen LogP contribution in [0.4, 0.5) is 5.82 Å². The van der Waals surface area contributed by atoms with E-state index in [1.165, 1.54) is 4.68 Å². The van der Waals surface area contributed by atoms with Crippen LogP contribution in [0, 0.1) is 17.0 Å². The predicted octanol–water partition coefficient (Wildman–Crippen LogP) is 1.62. The highest BCUT2D eigenvalue weighted by atomic mass is 79.9. The second kappa shape index (κ2) is 7.39. The second-order valence-electron chi connectivity index (χ2n) is 5.20. The molecule has 11 nitrogen and oxygen atoms in total. The van der Waals surface area contributed by atoms with Gasteiger partial charge in [-0.1, -0.05) is 11.2 Å². The predicted molar refractivity (Wildman–Crippen MR) is 90.1 cm³/mol. The number of amides is 1. The summed E-state index contributed by atoms with van der Waals surface area (Å²) in [5.74, 6) is -0.871. The van der Waals surface area contributed by atoms with Crippen molar-refractivity contribution in [1.82, 2.24) is 30.2 Å². The molecular formula is C14H12BrN7O4. The Morgan fingerprint density at radius 1 is 1.50 bits per heavy atom. The number of aromatic nitrogens is 5. The molecule has 0 bridgehead atoms. The molecule has 12 heteroatoms. The summed E-state index contributed by atoms with van der Waals surface area (Å²) in [6.45, 7) is 1.95. The van der Waals surface area contributed by atoms with Gasteiger partial charge in [-0.2, -0.15) is 9.67 Å². The lowest BCUT2D eigenvalue weighted by Crippen LogP contribution is -2.23. The van der Waals surface area contributed by atoms with Gasteiger partial charge in [0.1, 0.15) is 11.0 Å². The summed E-state index contributed by atoms with van der Waals surface area (Å²) in [6, 6.07) is 3.58. The van der Waals surface area contributed by atoms with Crippen molar-refractivity contribution in [3.05, 3.63) is 62.1 Å². The van der Waals surface area contributed by atoms with Gasteiger partial charge in [0.25, 0.3) is 0 Å². The molecular weight excluding hydrogens is 410 g/mol. The molecule has 3 aromatic heterocycles. The van der Waals surface area contributed by atoms with Crippen molar-refractivity contribution in [2.45, 2.75) is 20.0 Å². The van der Waals surface area contributed by atoms with Gasteiger partial charge < -0.3 is 20.0 Å². The molecule has 26 heavy (non-hydrogen) atoms. The zero-order chi connectivity index (χ0) is 18.7. The Morgan fingerprint density at radius 2 is 2.31 bits per heavy atom. The summed E-state index contributed by atoms with van der Waals surface area (Å²) in [7, 11) is 0. The van der Waals surface area contributed by atoms with Gasteiger partial charge in [0.05, 0.1) is 10.8 Å². The van der Waals surface area contributed by atoms with Crippen LogP contribution in [-0.2, 0) is 13.1 Å². The lowest BCUT2D eigenvalue weighted by atomic mass is 10.3. The first-order valence-electron chi connectivity index (χ1n) is 7.32. The van der Waals surface area contributed by atoms with Crippen LogP contribution in [0.5, 0.6) is 0 Å². The van der Waals surface area contributed by atoms with Gasteiger partial charge >= 0.3 is 17.6 Å². The summed E-state index contributed by atoms with van der Waals surface area (Å²) in [5, 5.41) is 21.1. The molecule has 0 atom stereocenters. The average molecular weight is 422 g/mol.